The summed E-state index contributed by atoms with van der Waals surface area (Å²) in [5.74, 6) is 0.0318. The molecule has 110 valence electrons. The van der Waals surface area contributed by atoms with Crippen LogP contribution in [0.3, 0.4) is 0 Å². The standard InChI is InChI=1S/C15H22ClN3O/c1-12(20)17-8-9-18-14-6-10-19(11-7-14)15-4-2-13(16)3-5-15/h2-5,14,18H,6-11H2,1H3,(H,17,20). The first-order valence-electron chi connectivity index (χ1n) is 7.13. The van der Waals surface area contributed by atoms with Crippen molar-refractivity contribution in [1.29, 1.82) is 0 Å². The van der Waals surface area contributed by atoms with Gasteiger partial charge in [-0.05, 0) is 37.1 Å². The Morgan fingerprint density at radius 3 is 2.50 bits per heavy atom. The zero-order valence-electron chi connectivity index (χ0n) is 11.9. The third-order valence-electron chi connectivity index (χ3n) is 3.62. The molecule has 0 radical (unpaired) electrons. The first kappa shape index (κ1) is 15.1. The number of hydrogen-bond acceptors (Lipinski definition) is 3. The van der Waals surface area contributed by atoms with Crippen molar-refractivity contribution < 1.29 is 4.79 Å². The van der Waals surface area contributed by atoms with Crippen LogP contribution in [0.2, 0.25) is 5.02 Å². The van der Waals surface area contributed by atoms with E-state index < -0.39 is 0 Å². The molecule has 1 aliphatic heterocycles. The molecule has 0 saturated carbocycles. The van der Waals surface area contributed by atoms with E-state index in [-0.39, 0.29) is 5.91 Å². The average Bonchev–Trinajstić information content (AvgIpc) is 2.45. The maximum Gasteiger partial charge on any atom is 0.216 e. The lowest BCUT2D eigenvalue weighted by molar-refractivity contribution is -0.118. The van der Waals surface area contributed by atoms with Crippen LogP contribution >= 0.6 is 11.6 Å². The van der Waals surface area contributed by atoms with Gasteiger partial charge in [-0.3, -0.25) is 4.79 Å². The Kier molecular flexibility index (Phi) is 5.68. The number of piperidine rings is 1. The fourth-order valence-electron chi connectivity index (χ4n) is 2.51. The zero-order chi connectivity index (χ0) is 14.4. The highest BCUT2D eigenvalue weighted by Gasteiger charge is 2.18. The first-order valence-corrected chi connectivity index (χ1v) is 7.51. The second kappa shape index (κ2) is 7.50. The number of anilines is 1. The molecule has 0 aliphatic carbocycles. The van der Waals surface area contributed by atoms with E-state index in [9.17, 15) is 4.79 Å². The largest absolute Gasteiger partial charge is 0.371 e. The molecule has 5 heteroatoms. The number of amides is 1. The third kappa shape index (κ3) is 4.69. The molecule has 2 rings (SSSR count). The number of hydrogen-bond donors (Lipinski definition) is 2. The van der Waals surface area contributed by atoms with Crippen molar-refractivity contribution in [3.8, 4) is 0 Å². The molecule has 0 unspecified atom stereocenters. The average molecular weight is 296 g/mol. The predicted molar refractivity (Wildman–Crippen MR) is 83.4 cm³/mol. The van der Waals surface area contributed by atoms with E-state index in [2.05, 4.69) is 27.7 Å². The summed E-state index contributed by atoms with van der Waals surface area (Å²) in [5, 5.41) is 7.08. The fourth-order valence-corrected chi connectivity index (χ4v) is 2.63. The molecule has 0 bridgehead atoms. The molecule has 20 heavy (non-hydrogen) atoms. The van der Waals surface area contributed by atoms with Gasteiger partial charge in [0.1, 0.15) is 0 Å². The normalized spacial score (nSPS) is 16.2. The number of halogens is 1. The number of benzene rings is 1. The summed E-state index contributed by atoms with van der Waals surface area (Å²) in [6, 6.07) is 8.58. The molecule has 1 amide bonds. The van der Waals surface area contributed by atoms with Gasteiger partial charge in [0.2, 0.25) is 5.91 Å². The van der Waals surface area contributed by atoms with Gasteiger partial charge in [0.05, 0.1) is 0 Å². The lowest BCUT2D eigenvalue weighted by Gasteiger charge is -2.34. The summed E-state index contributed by atoms with van der Waals surface area (Å²) in [6.45, 7) is 5.20. The van der Waals surface area contributed by atoms with E-state index >= 15 is 0 Å². The van der Waals surface area contributed by atoms with Crippen molar-refractivity contribution in [3.05, 3.63) is 29.3 Å². The van der Waals surface area contributed by atoms with Crippen molar-refractivity contribution in [3.63, 3.8) is 0 Å². The van der Waals surface area contributed by atoms with Crippen LogP contribution in [0.5, 0.6) is 0 Å². The topological polar surface area (TPSA) is 44.4 Å². The molecule has 1 aromatic carbocycles. The molecule has 0 atom stereocenters. The molecule has 1 heterocycles. The van der Waals surface area contributed by atoms with Crippen molar-refractivity contribution in [1.82, 2.24) is 10.6 Å². The van der Waals surface area contributed by atoms with E-state index in [1.165, 1.54) is 5.69 Å². The molecular formula is C15H22ClN3O. The second-order valence-electron chi connectivity index (χ2n) is 5.17. The number of carbonyl (C=O) groups is 1. The lowest BCUT2D eigenvalue weighted by atomic mass is 10.0. The van der Waals surface area contributed by atoms with Gasteiger partial charge in [-0.2, -0.15) is 0 Å². The summed E-state index contributed by atoms with van der Waals surface area (Å²) in [7, 11) is 0. The highest BCUT2D eigenvalue weighted by atomic mass is 35.5. The highest BCUT2D eigenvalue weighted by molar-refractivity contribution is 6.30. The van der Waals surface area contributed by atoms with E-state index in [1.54, 1.807) is 6.92 Å². The van der Waals surface area contributed by atoms with Crippen molar-refractivity contribution in [2.24, 2.45) is 0 Å². The Hall–Kier alpha value is -1.26. The minimum absolute atomic E-state index is 0.0318. The second-order valence-corrected chi connectivity index (χ2v) is 5.61. The van der Waals surface area contributed by atoms with Crippen LogP contribution in [0.25, 0.3) is 0 Å². The molecular weight excluding hydrogens is 274 g/mol. The van der Waals surface area contributed by atoms with Crippen molar-refractivity contribution in [2.75, 3.05) is 31.1 Å². The Morgan fingerprint density at radius 2 is 1.90 bits per heavy atom. The number of nitrogens with one attached hydrogen (secondary N) is 2. The molecule has 1 saturated heterocycles. The molecule has 0 spiro atoms. The molecule has 4 nitrogen and oxygen atoms in total. The minimum Gasteiger partial charge on any atom is -0.371 e. The van der Waals surface area contributed by atoms with Gasteiger partial charge in [-0.25, -0.2) is 0 Å². The quantitative estimate of drug-likeness (QED) is 0.817. The summed E-state index contributed by atoms with van der Waals surface area (Å²) in [4.78, 5) is 13.2. The Labute approximate surface area is 125 Å². The SMILES string of the molecule is CC(=O)NCCNC1CCN(c2ccc(Cl)cc2)CC1. The predicted octanol–water partition coefficient (Wildman–Crippen LogP) is 2.03. The van der Waals surface area contributed by atoms with Gasteiger partial charge >= 0.3 is 0 Å². The Bertz CT molecular complexity index is 427. The summed E-state index contributed by atoms with van der Waals surface area (Å²) in [6.07, 6.45) is 2.26. The van der Waals surface area contributed by atoms with Gasteiger partial charge in [0, 0.05) is 49.9 Å². The van der Waals surface area contributed by atoms with Gasteiger partial charge in [0.25, 0.3) is 0 Å². The summed E-state index contributed by atoms with van der Waals surface area (Å²) >= 11 is 5.91. The third-order valence-corrected chi connectivity index (χ3v) is 3.87. The maximum atomic E-state index is 10.8. The van der Waals surface area contributed by atoms with Crippen LogP contribution in [0.15, 0.2) is 24.3 Å². The molecule has 1 fully saturated rings. The Balaban J connectivity index is 1.69. The highest BCUT2D eigenvalue weighted by Crippen LogP contribution is 2.21. The molecule has 0 aromatic heterocycles. The van der Waals surface area contributed by atoms with Crippen LogP contribution in [0.4, 0.5) is 5.69 Å². The molecule has 1 aromatic rings. The van der Waals surface area contributed by atoms with Gasteiger partial charge in [0.15, 0.2) is 0 Å². The fraction of sp³-hybridized carbons (Fsp3) is 0.533. The summed E-state index contributed by atoms with van der Waals surface area (Å²) in [5.41, 5.74) is 1.24. The van der Waals surface area contributed by atoms with Crippen LogP contribution in [-0.4, -0.2) is 38.1 Å². The molecule has 2 N–H and O–H groups in total. The van der Waals surface area contributed by atoms with E-state index in [4.69, 9.17) is 11.6 Å². The number of rotatable bonds is 5. The summed E-state index contributed by atoms with van der Waals surface area (Å²) < 4.78 is 0. The van der Waals surface area contributed by atoms with Crippen LogP contribution < -0.4 is 15.5 Å². The maximum absolute atomic E-state index is 10.8. The lowest BCUT2D eigenvalue weighted by Crippen LogP contribution is -2.44. The first-order chi connectivity index (χ1) is 9.65. The monoisotopic (exact) mass is 295 g/mol. The Morgan fingerprint density at radius 1 is 1.25 bits per heavy atom. The van der Waals surface area contributed by atoms with E-state index in [1.807, 2.05) is 12.1 Å². The van der Waals surface area contributed by atoms with Gasteiger partial charge < -0.3 is 15.5 Å². The van der Waals surface area contributed by atoms with Crippen LogP contribution in [-0.2, 0) is 4.79 Å². The molecule has 1 aliphatic rings. The van der Waals surface area contributed by atoms with E-state index in [0.29, 0.717) is 12.6 Å². The van der Waals surface area contributed by atoms with Crippen LogP contribution in [0.1, 0.15) is 19.8 Å². The van der Waals surface area contributed by atoms with Gasteiger partial charge in [-0.15, -0.1) is 0 Å². The van der Waals surface area contributed by atoms with E-state index in [0.717, 1.165) is 37.5 Å². The number of nitrogens with zero attached hydrogens (tertiary/aromatic N) is 1. The van der Waals surface area contributed by atoms with Gasteiger partial charge in [-0.1, -0.05) is 11.6 Å². The zero-order valence-corrected chi connectivity index (χ0v) is 12.6. The smallest absolute Gasteiger partial charge is 0.216 e. The minimum atomic E-state index is 0.0318. The van der Waals surface area contributed by atoms with Crippen molar-refractivity contribution >= 4 is 23.2 Å². The van der Waals surface area contributed by atoms with Crippen molar-refractivity contribution in [2.45, 2.75) is 25.8 Å². The number of carbonyl (C=O) groups excluding carboxylic acids is 1. The van der Waals surface area contributed by atoms with Crippen LogP contribution in [0, 0.1) is 0 Å².